The third-order valence-electron chi connectivity index (χ3n) is 4.53. The van der Waals surface area contributed by atoms with Crippen LogP contribution in [0.5, 0.6) is 0 Å². The molecule has 0 bridgehead atoms. The summed E-state index contributed by atoms with van der Waals surface area (Å²) in [6.45, 7) is 10.1. The number of anilines is 2. The Labute approximate surface area is 155 Å². The van der Waals surface area contributed by atoms with E-state index in [9.17, 15) is 4.79 Å². The van der Waals surface area contributed by atoms with Gasteiger partial charge in [0.05, 0.1) is 17.6 Å². The molecule has 0 radical (unpaired) electrons. The lowest BCUT2D eigenvalue weighted by molar-refractivity contribution is -0.117. The molecule has 0 aromatic carbocycles. The van der Waals surface area contributed by atoms with E-state index >= 15 is 0 Å². The van der Waals surface area contributed by atoms with Gasteiger partial charge in [0, 0.05) is 38.3 Å². The van der Waals surface area contributed by atoms with E-state index in [4.69, 9.17) is 4.98 Å². The van der Waals surface area contributed by atoms with Gasteiger partial charge in [-0.3, -0.25) is 9.48 Å². The maximum Gasteiger partial charge on any atom is 0.226 e. The average molecular weight is 355 g/mol. The first kappa shape index (κ1) is 18.4. The molecular weight excluding hydrogens is 326 g/mol. The van der Waals surface area contributed by atoms with Crippen molar-refractivity contribution in [2.75, 3.05) is 16.8 Å². The van der Waals surface area contributed by atoms with Crippen molar-refractivity contribution in [1.82, 2.24) is 14.8 Å². The number of aryl methyl sites for hydroxylation is 3. The maximum absolute atomic E-state index is 12.3. The number of carbonyl (C=O) groups excluding carboxylic acids is 1. The summed E-state index contributed by atoms with van der Waals surface area (Å²) < 4.78 is 1.83. The lowest BCUT2D eigenvalue weighted by atomic mass is 9.92. The standard InChI is InChI=1S/C20H29N5O/c1-14-9-17-16(22-19(14)23-18(26)10-20(2,3)4)7-6-8-25(17)13-15-11-21-24(5)12-15/h9,11-12H,6-8,10,13H2,1-5H3,(H,22,23,26). The molecule has 0 saturated heterocycles. The molecule has 3 heterocycles. The molecule has 1 N–H and O–H groups in total. The number of carbonyl (C=O) groups is 1. The van der Waals surface area contributed by atoms with E-state index in [2.05, 4.69) is 48.3 Å². The van der Waals surface area contributed by atoms with Crippen LogP contribution in [0.4, 0.5) is 11.5 Å². The number of amides is 1. The predicted octanol–water partition coefficient (Wildman–Crippen LogP) is 3.45. The number of nitrogens with zero attached hydrogens (tertiary/aromatic N) is 4. The van der Waals surface area contributed by atoms with E-state index in [1.54, 1.807) is 0 Å². The van der Waals surface area contributed by atoms with Crippen LogP contribution in [0.15, 0.2) is 18.5 Å². The zero-order valence-electron chi connectivity index (χ0n) is 16.5. The molecule has 0 unspecified atom stereocenters. The summed E-state index contributed by atoms with van der Waals surface area (Å²) in [4.78, 5) is 19.4. The fourth-order valence-corrected chi connectivity index (χ4v) is 3.38. The smallest absolute Gasteiger partial charge is 0.226 e. The quantitative estimate of drug-likeness (QED) is 0.912. The Kier molecular flexibility index (Phi) is 5.03. The second kappa shape index (κ2) is 7.09. The molecule has 26 heavy (non-hydrogen) atoms. The highest BCUT2D eigenvalue weighted by Gasteiger charge is 2.22. The van der Waals surface area contributed by atoms with Crippen LogP contribution in [0.3, 0.4) is 0 Å². The first-order valence-electron chi connectivity index (χ1n) is 9.24. The number of fused-ring (bicyclic) bond motifs is 1. The first-order valence-corrected chi connectivity index (χ1v) is 9.24. The summed E-state index contributed by atoms with van der Waals surface area (Å²) in [5.74, 6) is 0.720. The topological polar surface area (TPSA) is 63.1 Å². The van der Waals surface area contributed by atoms with E-state index in [-0.39, 0.29) is 11.3 Å². The molecule has 2 aromatic heterocycles. The maximum atomic E-state index is 12.3. The third-order valence-corrected chi connectivity index (χ3v) is 4.53. The van der Waals surface area contributed by atoms with Gasteiger partial charge in [-0.05, 0) is 36.8 Å². The van der Waals surface area contributed by atoms with Crippen LogP contribution in [0.1, 0.15) is 50.4 Å². The van der Waals surface area contributed by atoms with Gasteiger partial charge in [0.1, 0.15) is 5.82 Å². The van der Waals surface area contributed by atoms with E-state index < -0.39 is 0 Å². The molecule has 140 valence electrons. The Hall–Kier alpha value is -2.37. The second-order valence-electron chi connectivity index (χ2n) is 8.45. The number of pyridine rings is 1. The molecule has 0 spiro atoms. The van der Waals surface area contributed by atoms with Crippen molar-refractivity contribution in [3.63, 3.8) is 0 Å². The number of aromatic nitrogens is 3. The fraction of sp³-hybridized carbons (Fsp3) is 0.550. The van der Waals surface area contributed by atoms with Crippen molar-refractivity contribution >= 4 is 17.4 Å². The Balaban J connectivity index is 1.79. The minimum atomic E-state index is -0.0350. The van der Waals surface area contributed by atoms with Crippen molar-refractivity contribution in [3.05, 3.63) is 35.3 Å². The van der Waals surface area contributed by atoms with Gasteiger partial charge in [0.25, 0.3) is 0 Å². The summed E-state index contributed by atoms with van der Waals surface area (Å²) >= 11 is 0. The van der Waals surface area contributed by atoms with Crippen molar-refractivity contribution in [2.24, 2.45) is 12.5 Å². The molecule has 0 aliphatic carbocycles. The number of hydrogen-bond donors (Lipinski definition) is 1. The largest absolute Gasteiger partial charge is 0.366 e. The number of hydrogen-bond acceptors (Lipinski definition) is 4. The molecule has 0 saturated carbocycles. The van der Waals surface area contributed by atoms with Crippen molar-refractivity contribution in [2.45, 2.75) is 53.5 Å². The SMILES string of the molecule is Cc1cc2c(nc1NC(=O)CC(C)(C)C)CCCN2Cc1cnn(C)c1. The van der Waals surface area contributed by atoms with Crippen molar-refractivity contribution in [1.29, 1.82) is 0 Å². The van der Waals surface area contributed by atoms with Gasteiger partial charge in [0.15, 0.2) is 0 Å². The second-order valence-corrected chi connectivity index (χ2v) is 8.45. The van der Waals surface area contributed by atoms with Crippen LogP contribution in [-0.4, -0.2) is 27.2 Å². The fourth-order valence-electron chi connectivity index (χ4n) is 3.38. The zero-order valence-corrected chi connectivity index (χ0v) is 16.5. The molecule has 1 aliphatic rings. The van der Waals surface area contributed by atoms with Crippen LogP contribution < -0.4 is 10.2 Å². The van der Waals surface area contributed by atoms with Gasteiger partial charge in [-0.15, -0.1) is 0 Å². The lowest BCUT2D eigenvalue weighted by Gasteiger charge is -2.31. The molecule has 1 amide bonds. The van der Waals surface area contributed by atoms with E-state index in [0.717, 1.165) is 37.2 Å². The highest BCUT2D eigenvalue weighted by atomic mass is 16.1. The van der Waals surface area contributed by atoms with E-state index in [1.165, 1.54) is 11.3 Å². The molecular formula is C20H29N5O. The Morgan fingerprint density at radius 2 is 2.12 bits per heavy atom. The van der Waals surface area contributed by atoms with E-state index in [1.807, 2.05) is 24.9 Å². The lowest BCUT2D eigenvalue weighted by Crippen LogP contribution is -2.30. The molecule has 3 rings (SSSR count). The van der Waals surface area contributed by atoms with Gasteiger partial charge >= 0.3 is 0 Å². The summed E-state index contributed by atoms with van der Waals surface area (Å²) in [6, 6.07) is 2.16. The normalized spacial score (nSPS) is 14.3. The van der Waals surface area contributed by atoms with Crippen LogP contribution >= 0.6 is 0 Å². The summed E-state index contributed by atoms with van der Waals surface area (Å²) in [7, 11) is 1.94. The van der Waals surface area contributed by atoms with Gasteiger partial charge in [-0.1, -0.05) is 20.8 Å². The predicted molar refractivity (Wildman–Crippen MR) is 104 cm³/mol. The molecule has 0 fully saturated rings. The molecule has 6 heteroatoms. The highest BCUT2D eigenvalue weighted by molar-refractivity contribution is 5.91. The Morgan fingerprint density at radius 1 is 1.35 bits per heavy atom. The van der Waals surface area contributed by atoms with Gasteiger partial charge in [-0.25, -0.2) is 4.98 Å². The van der Waals surface area contributed by atoms with Crippen LogP contribution in [-0.2, 0) is 24.8 Å². The average Bonchev–Trinajstić information content (AvgIpc) is 2.92. The molecule has 6 nitrogen and oxygen atoms in total. The van der Waals surface area contributed by atoms with E-state index in [0.29, 0.717) is 12.2 Å². The van der Waals surface area contributed by atoms with Crippen LogP contribution in [0, 0.1) is 12.3 Å². The zero-order chi connectivity index (χ0) is 18.9. The van der Waals surface area contributed by atoms with Gasteiger partial charge < -0.3 is 10.2 Å². The van der Waals surface area contributed by atoms with Gasteiger partial charge in [-0.2, -0.15) is 5.10 Å². The highest BCUT2D eigenvalue weighted by Crippen LogP contribution is 2.31. The summed E-state index contributed by atoms with van der Waals surface area (Å²) in [5.41, 5.74) is 4.40. The summed E-state index contributed by atoms with van der Waals surface area (Å²) in [6.07, 6.45) is 6.46. The Bertz CT molecular complexity index is 803. The van der Waals surface area contributed by atoms with Crippen LogP contribution in [0.2, 0.25) is 0 Å². The van der Waals surface area contributed by atoms with Crippen LogP contribution in [0.25, 0.3) is 0 Å². The molecule has 1 aliphatic heterocycles. The van der Waals surface area contributed by atoms with Gasteiger partial charge in [0.2, 0.25) is 5.91 Å². The van der Waals surface area contributed by atoms with Crippen molar-refractivity contribution < 1.29 is 4.79 Å². The first-order chi connectivity index (χ1) is 12.2. The minimum Gasteiger partial charge on any atom is -0.366 e. The Morgan fingerprint density at radius 3 is 2.77 bits per heavy atom. The molecule has 0 atom stereocenters. The monoisotopic (exact) mass is 355 g/mol. The number of rotatable bonds is 4. The van der Waals surface area contributed by atoms with Crippen molar-refractivity contribution in [3.8, 4) is 0 Å². The minimum absolute atomic E-state index is 0.0241. The summed E-state index contributed by atoms with van der Waals surface area (Å²) in [5, 5.41) is 7.26. The molecule has 2 aromatic rings. The number of nitrogens with one attached hydrogen (secondary N) is 1. The third kappa shape index (κ3) is 4.42.